The molecule has 0 fully saturated rings. The van der Waals surface area contributed by atoms with Crippen molar-refractivity contribution in [1.29, 1.82) is 10.5 Å². The van der Waals surface area contributed by atoms with E-state index in [4.69, 9.17) is 0 Å². The van der Waals surface area contributed by atoms with E-state index in [0.717, 1.165) is 40.7 Å². The normalized spacial score (nSPS) is 13.2. The van der Waals surface area contributed by atoms with Crippen molar-refractivity contribution in [2.24, 2.45) is 0 Å². The summed E-state index contributed by atoms with van der Waals surface area (Å²) in [5, 5.41) is 20.8. The Morgan fingerprint density at radius 2 is 0.762 bits per heavy atom. The number of hydrogen-bond donors (Lipinski definition) is 0. The van der Waals surface area contributed by atoms with Crippen LogP contribution >= 0.6 is 0 Å². The molecule has 0 amide bonds. The molecule has 0 N–H and O–H groups in total. The Kier molecular flexibility index (Phi) is 9.95. The van der Waals surface area contributed by atoms with Gasteiger partial charge >= 0.3 is 0 Å². The summed E-state index contributed by atoms with van der Waals surface area (Å²) in [6.45, 7) is 8.52. The molecule has 63 heavy (non-hydrogen) atoms. The van der Waals surface area contributed by atoms with Crippen molar-refractivity contribution in [3.8, 4) is 34.4 Å². The van der Waals surface area contributed by atoms with Crippen molar-refractivity contribution in [2.75, 3.05) is 0 Å². The van der Waals surface area contributed by atoms with E-state index in [2.05, 4.69) is 210 Å². The number of fused-ring (bicyclic) bond motifs is 10. The molecule has 10 rings (SSSR count). The van der Waals surface area contributed by atoms with Gasteiger partial charge in [0.2, 0.25) is 0 Å². The van der Waals surface area contributed by atoms with Crippen LogP contribution in [0.25, 0.3) is 45.6 Å². The standard InChI is InChI=1S/C61H46N2/c1-39-5-13-43(14-6-39)29-51(49-21-9-41(3)10-22-49)31-45-17-25-53-54-26-18-46(32-52(50-23-11-42(4)12-24-50)30-44-15-7-40(2)8-16-44)34-58(54)61(57(53)33-45)59-35-47(37-62)19-27-55(59)56-28-20-48(38-63)36-60(56)61/h5-29,32-36H,30-31H2,1-4H3/b51-29-,52-32?. The van der Waals surface area contributed by atoms with Crippen LogP contribution in [0.15, 0.2) is 170 Å². The highest BCUT2D eigenvalue weighted by atomic mass is 14.5. The minimum Gasteiger partial charge on any atom is -0.192 e. The van der Waals surface area contributed by atoms with Gasteiger partial charge in [0.15, 0.2) is 0 Å². The fourth-order valence-electron chi connectivity index (χ4n) is 9.85. The van der Waals surface area contributed by atoms with Crippen molar-refractivity contribution in [3.63, 3.8) is 0 Å². The van der Waals surface area contributed by atoms with E-state index in [-0.39, 0.29) is 0 Å². The fraction of sp³-hybridized carbons (Fsp3) is 0.115. The number of hydrogen-bond acceptors (Lipinski definition) is 2. The molecule has 2 aliphatic rings. The Morgan fingerprint density at radius 3 is 1.27 bits per heavy atom. The van der Waals surface area contributed by atoms with E-state index in [0.29, 0.717) is 11.1 Å². The number of aryl methyl sites for hydroxylation is 4. The Labute approximate surface area is 371 Å². The highest BCUT2D eigenvalue weighted by molar-refractivity contribution is 5.97. The summed E-state index contributed by atoms with van der Waals surface area (Å²) in [4.78, 5) is 0. The topological polar surface area (TPSA) is 47.6 Å². The lowest BCUT2D eigenvalue weighted by molar-refractivity contribution is 0.791. The van der Waals surface area contributed by atoms with E-state index < -0.39 is 5.41 Å². The number of nitrogens with zero attached hydrogens (tertiary/aromatic N) is 2. The van der Waals surface area contributed by atoms with Crippen LogP contribution in [-0.2, 0) is 18.3 Å². The van der Waals surface area contributed by atoms with Gasteiger partial charge in [0, 0.05) is 0 Å². The molecule has 0 radical (unpaired) electrons. The first-order valence-corrected chi connectivity index (χ1v) is 21.8. The zero-order valence-corrected chi connectivity index (χ0v) is 36.1. The molecule has 0 unspecified atom stereocenters. The van der Waals surface area contributed by atoms with Crippen molar-refractivity contribution in [1.82, 2.24) is 0 Å². The van der Waals surface area contributed by atoms with Crippen molar-refractivity contribution in [3.05, 3.63) is 259 Å². The maximum atomic E-state index is 10.4. The molecule has 300 valence electrons. The Bertz CT molecular complexity index is 3170. The van der Waals surface area contributed by atoms with Crippen LogP contribution in [0.5, 0.6) is 0 Å². The maximum Gasteiger partial charge on any atom is 0.0991 e. The van der Waals surface area contributed by atoms with Crippen LogP contribution in [0.2, 0.25) is 0 Å². The smallest absolute Gasteiger partial charge is 0.0991 e. The molecule has 0 heterocycles. The SMILES string of the molecule is Cc1ccc(/C=C(/Cc2ccc3c(c2)C2(c4cc(C#N)ccc4-c4ccc(C#N)cc42)c2cc(C=C(Cc4ccc(C)cc4)c4ccc(C)cc4)ccc2-3)c2ccc(C)cc2)cc1. The number of nitriles is 2. The molecule has 0 atom stereocenters. The van der Waals surface area contributed by atoms with Crippen molar-refractivity contribution in [2.45, 2.75) is 46.0 Å². The third kappa shape index (κ3) is 7.11. The summed E-state index contributed by atoms with van der Waals surface area (Å²) in [6.07, 6.45) is 6.18. The van der Waals surface area contributed by atoms with Crippen molar-refractivity contribution >= 4 is 23.3 Å². The summed E-state index contributed by atoms with van der Waals surface area (Å²) in [5.41, 5.74) is 24.0. The van der Waals surface area contributed by atoms with E-state index in [1.54, 1.807) is 0 Å². The Balaban J connectivity index is 1.20. The lowest BCUT2D eigenvalue weighted by Crippen LogP contribution is -2.26. The van der Waals surface area contributed by atoms with Crippen LogP contribution in [-0.4, -0.2) is 0 Å². The summed E-state index contributed by atoms with van der Waals surface area (Å²) in [7, 11) is 0. The molecule has 2 heteroatoms. The average Bonchev–Trinajstić information content (AvgIpc) is 3.76. The second-order valence-corrected chi connectivity index (χ2v) is 17.5. The number of allylic oxidation sites excluding steroid dienone is 2. The quantitative estimate of drug-likeness (QED) is 0.144. The summed E-state index contributed by atoms with van der Waals surface area (Å²) >= 11 is 0. The summed E-state index contributed by atoms with van der Waals surface area (Å²) in [5.74, 6) is 0. The molecule has 8 aromatic rings. The lowest BCUT2D eigenvalue weighted by Gasteiger charge is -2.31. The van der Waals surface area contributed by atoms with E-state index in [1.165, 1.54) is 83.5 Å². The first-order valence-electron chi connectivity index (χ1n) is 21.8. The van der Waals surface area contributed by atoms with Gasteiger partial charge in [0.25, 0.3) is 0 Å². The van der Waals surface area contributed by atoms with Gasteiger partial charge in [0.05, 0.1) is 28.7 Å². The van der Waals surface area contributed by atoms with Crippen LogP contribution in [0.4, 0.5) is 0 Å². The molecular formula is C61H46N2. The molecule has 0 bridgehead atoms. The van der Waals surface area contributed by atoms with Crippen LogP contribution in [0, 0.1) is 50.4 Å². The molecule has 0 saturated carbocycles. The molecule has 2 nitrogen and oxygen atoms in total. The number of benzene rings is 8. The van der Waals surface area contributed by atoms with Crippen LogP contribution in [0.3, 0.4) is 0 Å². The monoisotopic (exact) mass is 806 g/mol. The predicted octanol–water partition coefficient (Wildman–Crippen LogP) is 14.6. The van der Waals surface area contributed by atoms with Crippen LogP contribution < -0.4 is 0 Å². The minimum absolute atomic E-state index is 0.617. The zero-order chi connectivity index (χ0) is 43.2. The van der Waals surface area contributed by atoms with E-state index in [1.807, 2.05) is 12.1 Å². The van der Waals surface area contributed by atoms with Gasteiger partial charge in [-0.15, -0.1) is 0 Å². The molecule has 0 saturated heterocycles. The first-order chi connectivity index (χ1) is 30.7. The number of rotatable bonds is 8. The highest BCUT2D eigenvalue weighted by Gasteiger charge is 2.52. The minimum atomic E-state index is -0.763. The average molecular weight is 807 g/mol. The zero-order valence-electron chi connectivity index (χ0n) is 36.1. The second-order valence-electron chi connectivity index (χ2n) is 17.5. The summed E-state index contributed by atoms with van der Waals surface area (Å²) in [6, 6.07) is 66.4. The first kappa shape index (κ1) is 39.4. The molecular weight excluding hydrogens is 761 g/mol. The lowest BCUT2D eigenvalue weighted by atomic mass is 9.69. The third-order valence-electron chi connectivity index (χ3n) is 13.1. The summed E-state index contributed by atoms with van der Waals surface area (Å²) < 4.78 is 0. The molecule has 0 aliphatic heterocycles. The van der Waals surface area contributed by atoms with Gasteiger partial charge in [-0.1, -0.05) is 174 Å². The fourth-order valence-corrected chi connectivity index (χ4v) is 9.85. The van der Waals surface area contributed by atoms with E-state index >= 15 is 0 Å². The van der Waals surface area contributed by atoms with Crippen LogP contribution in [0.1, 0.15) is 89.0 Å². The van der Waals surface area contributed by atoms with Crippen molar-refractivity contribution < 1.29 is 0 Å². The van der Waals surface area contributed by atoms with Gasteiger partial charge in [-0.2, -0.15) is 10.5 Å². The van der Waals surface area contributed by atoms with E-state index in [9.17, 15) is 10.5 Å². The Hall–Kier alpha value is -7.78. The van der Waals surface area contributed by atoms with Gasteiger partial charge < -0.3 is 0 Å². The van der Waals surface area contributed by atoms with Gasteiger partial charge in [-0.05, 0) is 160 Å². The second kappa shape index (κ2) is 15.9. The van der Waals surface area contributed by atoms with Gasteiger partial charge in [0.1, 0.15) is 0 Å². The Morgan fingerprint density at radius 1 is 0.397 bits per heavy atom. The molecule has 1 spiro atoms. The van der Waals surface area contributed by atoms with Gasteiger partial charge in [-0.25, -0.2) is 0 Å². The largest absolute Gasteiger partial charge is 0.192 e. The highest BCUT2D eigenvalue weighted by Crippen LogP contribution is 2.63. The third-order valence-corrected chi connectivity index (χ3v) is 13.1. The molecule has 8 aromatic carbocycles. The molecule has 0 aromatic heterocycles. The molecule has 2 aliphatic carbocycles. The van der Waals surface area contributed by atoms with Gasteiger partial charge in [-0.3, -0.25) is 0 Å². The predicted molar refractivity (Wildman–Crippen MR) is 260 cm³/mol. The maximum absolute atomic E-state index is 10.4.